The van der Waals surface area contributed by atoms with Crippen LogP contribution in [-0.2, 0) is 10.0 Å². The van der Waals surface area contributed by atoms with E-state index in [1.165, 1.54) is 12.1 Å². The molecule has 0 saturated carbocycles. The number of rotatable bonds is 6. The maximum absolute atomic E-state index is 13.4. The first-order valence-electron chi connectivity index (χ1n) is 6.24. The number of hydrogen-bond acceptors (Lipinski definition) is 5. The summed E-state index contributed by atoms with van der Waals surface area (Å²) in [7, 11) is -3.57. The summed E-state index contributed by atoms with van der Waals surface area (Å²) >= 11 is 0. The van der Waals surface area contributed by atoms with Crippen molar-refractivity contribution in [2.75, 3.05) is 22.3 Å². The van der Waals surface area contributed by atoms with Gasteiger partial charge in [-0.15, -0.1) is 0 Å². The van der Waals surface area contributed by atoms with Crippen molar-refractivity contribution >= 4 is 21.7 Å². The Labute approximate surface area is 122 Å². The van der Waals surface area contributed by atoms with Gasteiger partial charge in [-0.1, -0.05) is 6.07 Å². The lowest BCUT2D eigenvalue weighted by atomic mass is 10.2. The number of nitrogens with one attached hydrogen (secondary N) is 2. The SMILES string of the molecule is Cc1ccc(NS(=O)(=O)CCNc2ncccn2)cc1F. The molecule has 112 valence electrons. The molecule has 0 atom stereocenters. The Kier molecular flexibility index (Phi) is 4.69. The summed E-state index contributed by atoms with van der Waals surface area (Å²) in [5, 5.41) is 2.79. The molecule has 1 aromatic heterocycles. The van der Waals surface area contributed by atoms with Gasteiger partial charge in [0.2, 0.25) is 16.0 Å². The molecule has 1 aromatic carbocycles. The van der Waals surface area contributed by atoms with Gasteiger partial charge in [-0.2, -0.15) is 0 Å². The second-order valence-corrected chi connectivity index (χ2v) is 6.23. The van der Waals surface area contributed by atoms with E-state index < -0.39 is 15.8 Å². The van der Waals surface area contributed by atoms with Crippen LogP contribution in [0.25, 0.3) is 0 Å². The minimum absolute atomic E-state index is 0.147. The zero-order valence-electron chi connectivity index (χ0n) is 11.4. The Bertz CT molecular complexity index is 707. The van der Waals surface area contributed by atoms with E-state index in [1.807, 2.05) is 0 Å². The molecule has 2 aromatic rings. The quantitative estimate of drug-likeness (QED) is 0.849. The maximum Gasteiger partial charge on any atom is 0.234 e. The van der Waals surface area contributed by atoms with Gasteiger partial charge >= 0.3 is 0 Å². The molecule has 1 heterocycles. The molecular formula is C13H15FN4O2S. The molecule has 0 aliphatic rings. The van der Waals surface area contributed by atoms with Crippen LogP contribution in [0.1, 0.15) is 5.56 Å². The van der Waals surface area contributed by atoms with Gasteiger partial charge in [0.25, 0.3) is 0 Å². The van der Waals surface area contributed by atoms with Crippen molar-refractivity contribution in [2.45, 2.75) is 6.92 Å². The first kappa shape index (κ1) is 15.2. The number of halogens is 1. The van der Waals surface area contributed by atoms with Gasteiger partial charge in [-0.05, 0) is 30.7 Å². The Morgan fingerprint density at radius 1 is 1.24 bits per heavy atom. The number of sulfonamides is 1. The minimum Gasteiger partial charge on any atom is -0.353 e. The molecule has 0 fully saturated rings. The van der Waals surface area contributed by atoms with Crippen molar-refractivity contribution in [1.82, 2.24) is 9.97 Å². The molecule has 0 aliphatic heterocycles. The van der Waals surface area contributed by atoms with Crippen LogP contribution < -0.4 is 10.0 Å². The van der Waals surface area contributed by atoms with Crippen molar-refractivity contribution in [3.8, 4) is 0 Å². The molecule has 21 heavy (non-hydrogen) atoms. The molecule has 0 saturated heterocycles. The van der Waals surface area contributed by atoms with Gasteiger partial charge in [0, 0.05) is 18.9 Å². The summed E-state index contributed by atoms with van der Waals surface area (Å²) in [5.41, 5.74) is 0.662. The third-order valence-electron chi connectivity index (χ3n) is 2.66. The molecule has 0 spiro atoms. The average Bonchev–Trinajstić information content (AvgIpc) is 2.43. The van der Waals surface area contributed by atoms with Gasteiger partial charge < -0.3 is 5.32 Å². The zero-order chi connectivity index (χ0) is 15.3. The molecule has 0 aliphatic carbocycles. The second kappa shape index (κ2) is 6.49. The van der Waals surface area contributed by atoms with Crippen molar-refractivity contribution < 1.29 is 12.8 Å². The predicted octanol–water partition coefficient (Wildman–Crippen LogP) is 1.78. The number of nitrogens with zero attached hydrogens (tertiary/aromatic N) is 2. The third-order valence-corrected chi connectivity index (χ3v) is 3.95. The van der Waals surface area contributed by atoms with E-state index in [1.54, 1.807) is 25.4 Å². The van der Waals surface area contributed by atoms with Crippen LogP contribution >= 0.6 is 0 Å². The number of hydrogen-bond donors (Lipinski definition) is 2. The Balaban J connectivity index is 1.91. The average molecular weight is 310 g/mol. The number of aromatic nitrogens is 2. The maximum atomic E-state index is 13.4. The van der Waals surface area contributed by atoms with Gasteiger partial charge in [0.05, 0.1) is 11.4 Å². The third kappa shape index (κ3) is 4.67. The van der Waals surface area contributed by atoms with Crippen LogP contribution in [0.4, 0.5) is 16.0 Å². The fourth-order valence-electron chi connectivity index (χ4n) is 1.57. The molecular weight excluding hydrogens is 295 g/mol. The lowest BCUT2D eigenvalue weighted by molar-refractivity contribution is 0.601. The fourth-order valence-corrected chi connectivity index (χ4v) is 2.53. The normalized spacial score (nSPS) is 11.1. The Morgan fingerprint density at radius 3 is 2.62 bits per heavy atom. The predicted molar refractivity (Wildman–Crippen MR) is 79.1 cm³/mol. The molecule has 2 N–H and O–H groups in total. The second-order valence-electron chi connectivity index (χ2n) is 4.38. The van der Waals surface area contributed by atoms with Crippen LogP contribution in [0.15, 0.2) is 36.7 Å². The van der Waals surface area contributed by atoms with E-state index in [0.29, 0.717) is 11.5 Å². The summed E-state index contributed by atoms with van der Waals surface area (Å²) in [6, 6.07) is 5.85. The topological polar surface area (TPSA) is 84.0 Å². The monoisotopic (exact) mass is 310 g/mol. The van der Waals surface area contributed by atoms with E-state index in [4.69, 9.17) is 0 Å². The summed E-state index contributed by atoms with van der Waals surface area (Å²) < 4.78 is 39.4. The standard InChI is InChI=1S/C13H15FN4O2S/c1-10-3-4-11(9-12(10)14)18-21(19,20)8-7-17-13-15-5-2-6-16-13/h2-6,9,18H,7-8H2,1H3,(H,15,16,17). The van der Waals surface area contributed by atoms with E-state index in [0.717, 1.165) is 6.07 Å². The summed E-state index contributed by atoms with van der Waals surface area (Å²) in [6.07, 6.45) is 3.11. The smallest absolute Gasteiger partial charge is 0.234 e. The first-order chi connectivity index (χ1) is 9.96. The van der Waals surface area contributed by atoms with Crippen LogP contribution in [0.3, 0.4) is 0 Å². The van der Waals surface area contributed by atoms with Crippen molar-refractivity contribution in [3.05, 3.63) is 48.0 Å². The van der Waals surface area contributed by atoms with Gasteiger partial charge in [-0.3, -0.25) is 4.72 Å². The molecule has 0 radical (unpaired) electrons. The van der Waals surface area contributed by atoms with Gasteiger partial charge in [-0.25, -0.2) is 22.8 Å². The minimum atomic E-state index is -3.57. The van der Waals surface area contributed by atoms with Crippen molar-refractivity contribution in [3.63, 3.8) is 0 Å². The van der Waals surface area contributed by atoms with Crippen LogP contribution in [0, 0.1) is 12.7 Å². The van der Waals surface area contributed by atoms with Gasteiger partial charge in [0.1, 0.15) is 5.82 Å². The molecule has 0 amide bonds. The van der Waals surface area contributed by atoms with Crippen LogP contribution in [0.5, 0.6) is 0 Å². The Hall–Kier alpha value is -2.22. The number of anilines is 2. The highest BCUT2D eigenvalue weighted by Crippen LogP contribution is 2.14. The largest absolute Gasteiger partial charge is 0.353 e. The van der Waals surface area contributed by atoms with E-state index in [-0.39, 0.29) is 18.0 Å². The lowest BCUT2D eigenvalue weighted by Gasteiger charge is -2.09. The van der Waals surface area contributed by atoms with Crippen molar-refractivity contribution in [2.24, 2.45) is 0 Å². The summed E-state index contributed by atoms with van der Waals surface area (Å²) in [5.74, 6) is -0.277. The van der Waals surface area contributed by atoms with Crippen LogP contribution in [-0.4, -0.2) is 30.7 Å². The van der Waals surface area contributed by atoms with Crippen molar-refractivity contribution in [1.29, 1.82) is 0 Å². The highest BCUT2D eigenvalue weighted by atomic mass is 32.2. The fraction of sp³-hybridized carbons (Fsp3) is 0.231. The number of aryl methyl sites for hydroxylation is 1. The zero-order valence-corrected chi connectivity index (χ0v) is 12.2. The molecule has 8 heteroatoms. The summed E-state index contributed by atoms with van der Waals surface area (Å²) in [6.45, 7) is 1.76. The lowest BCUT2D eigenvalue weighted by Crippen LogP contribution is -2.22. The molecule has 2 rings (SSSR count). The molecule has 0 unspecified atom stereocenters. The number of benzene rings is 1. The highest BCUT2D eigenvalue weighted by Gasteiger charge is 2.11. The van der Waals surface area contributed by atoms with E-state index in [2.05, 4.69) is 20.0 Å². The highest BCUT2D eigenvalue weighted by molar-refractivity contribution is 7.92. The molecule has 0 bridgehead atoms. The van der Waals surface area contributed by atoms with Gasteiger partial charge in [0.15, 0.2) is 0 Å². The first-order valence-corrected chi connectivity index (χ1v) is 7.89. The van der Waals surface area contributed by atoms with Crippen LogP contribution in [0.2, 0.25) is 0 Å². The van der Waals surface area contributed by atoms with E-state index in [9.17, 15) is 12.8 Å². The summed E-state index contributed by atoms with van der Waals surface area (Å²) in [4.78, 5) is 7.83. The Morgan fingerprint density at radius 2 is 1.95 bits per heavy atom. The molecule has 6 nitrogen and oxygen atoms in total. The van der Waals surface area contributed by atoms with E-state index >= 15 is 0 Å².